The van der Waals surface area contributed by atoms with Crippen molar-refractivity contribution in [2.75, 3.05) is 12.4 Å². The quantitative estimate of drug-likeness (QED) is 0.474. The van der Waals surface area contributed by atoms with E-state index in [1.807, 2.05) is 13.0 Å². The second-order valence-electron chi connectivity index (χ2n) is 5.88. The molecule has 0 radical (unpaired) electrons. The van der Waals surface area contributed by atoms with Crippen LogP contribution in [0.2, 0.25) is 10.2 Å². The molecule has 0 aliphatic heterocycles. The molecule has 146 valence electrons. The lowest BCUT2D eigenvalue weighted by molar-refractivity contribution is 0.0963. The van der Waals surface area contributed by atoms with E-state index in [9.17, 15) is 9.90 Å². The predicted molar refractivity (Wildman–Crippen MR) is 112 cm³/mol. The molecular weight excluding hydrogens is 469 g/mol. The monoisotopic (exact) mass is 483 g/mol. The second kappa shape index (κ2) is 8.48. The number of aryl methyl sites for hydroxylation is 1. The maximum atomic E-state index is 12.3. The molecule has 0 bridgehead atoms. The van der Waals surface area contributed by atoms with E-state index in [0.717, 1.165) is 10.0 Å². The molecule has 28 heavy (non-hydrogen) atoms. The van der Waals surface area contributed by atoms with Crippen molar-refractivity contribution in [1.82, 2.24) is 20.1 Å². The number of aliphatic hydroxyl groups excluding tert-OH is 1. The van der Waals surface area contributed by atoms with Crippen molar-refractivity contribution < 1.29 is 9.90 Å². The minimum absolute atomic E-state index is 0.164. The minimum atomic E-state index is -1.23. The van der Waals surface area contributed by atoms with Gasteiger partial charge in [-0.15, -0.1) is 0 Å². The Morgan fingerprint density at radius 1 is 1.32 bits per heavy atom. The summed E-state index contributed by atoms with van der Waals surface area (Å²) in [5.74, 6) is 0.0318. The summed E-state index contributed by atoms with van der Waals surface area (Å²) in [7, 11) is 1.54. The highest BCUT2D eigenvalue weighted by molar-refractivity contribution is 9.10. The van der Waals surface area contributed by atoms with Gasteiger partial charge in [0.2, 0.25) is 0 Å². The number of rotatable bonds is 5. The fourth-order valence-corrected chi connectivity index (χ4v) is 3.68. The third kappa shape index (κ3) is 4.15. The summed E-state index contributed by atoms with van der Waals surface area (Å²) in [5, 5.41) is 21.1. The first-order chi connectivity index (χ1) is 13.3. The summed E-state index contributed by atoms with van der Waals surface area (Å²) >= 11 is 15.7. The Morgan fingerprint density at radius 3 is 2.75 bits per heavy atom. The molecule has 7 nitrogen and oxygen atoms in total. The van der Waals surface area contributed by atoms with Crippen LogP contribution >= 0.6 is 39.1 Å². The van der Waals surface area contributed by atoms with Gasteiger partial charge in [0.25, 0.3) is 5.91 Å². The van der Waals surface area contributed by atoms with Gasteiger partial charge in [0.05, 0.1) is 22.0 Å². The molecule has 0 saturated carbocycles. The highest BCUT2D eigenvalue weighted by Gasteiger charge is 2.22. The van der Waals surface area contributed by atoms with Gasteiger partial charge in [0.1, 0.15) is 0 Å². The lowest BCUT2D eigenvalue weighted by Gasteiger charge is -2.20. The molecule has 0 fully saturated rings. The number of benzene rings is 1. The van der Waals surface area contributed by atoms with Crippen molar-refractivity contribution in [3.05, 3.63) is 68.0 Å². The molecule has 2 heterocycles. The van der Waals surface area contributed by atoms with E-state index >= 15 is 0 Å². The smallest absolute Gasteiger partial charge is 0.253 e. The van der Waals surface area contributed by atoms with E-state index in [0.29, 0.717) is 27.8 Å². The van der Waals surface area contributed by atoms with Crippen LogP contribution in [-0.2, 0) is 0 Å². The normalized spacial score (nSPS) is 11.9. The number of nitrogens with one attached hydrogen (secondary N) is 2. The maximum absolute atomic E-state index is 12.3. The number of carbonyl (C=O) groups excluding carboxylic acids is 1. The van der Waals surface area contributed by atoms with Crippen LogP contribution in [0.25, 0.3) is 5.82 Å². The van der Waals surface area contributed by atoms with Crippen molar-refractivity contribution in [3.8, 4) is 5.82 Å². The zero-order valence-corrected chi connectivity index (χ0v) is 18.0. The van der Waals surface area contributed by atoms with Gasteiger partial charge in [-0.05, 0) is 36.8 Å². The van der Waals surface area contributed by atoms with E-state index < -0.39 is 6.23 Å². The van der Waals surface area contributed by atoms with E-state index in [-0.39, 0.29) is 11.1 Å². The van der Waals surface area contributed by atoms with E-state index in [1.165, 1.54) is 17.8 Å². The molecule has 0 aliphatic carbocycles. The van der Waals surface area contributed by atoms with Crippen LogP contribution in [0.1, 0.15) is 27.8 Å². The fraction of sp³-hybridized carbons (Fsp3) is 0.167. The standard InChI is InChI=1S/C18H16BrCl2N5O2/c1-9-6-10(19)7-11(17(27)22-2)15(9)24-18(28)13-8-14(21)25-26(13)16-12(20)4-3-5-23-16/h3-8,18,24,28H,1-2H3,(H,22,27). The van der Waals surface area contributed by atoms with E-state index in [1.54, 1.807) is 24.4 Å². The third-order valence-electron chi connectivity index (χ3n) is 3.98. The summed E-state index contributed by atoms with van der Waals surface area (Å²) in [6.07, 6.45) is 0.324. The number of anilines is 1. The first kappa shape index (κ1) is 20.6. The number of pyridine rings is 1. The first-order valence-corrected chi connectivity index (χ1v) is 9.70. The average molecular weight is 485 g/mol. The molecule has 1 amide bonds. The topological polar surface area (TPSA) is 92.1 Å². The predicted octanol–water partition coefficient (Wildman–Crippen LogP) is 4.11. The summed E-state index contributed by atoms with van der Waals surface area (Å²) in [4.78, 5) is 16.5. The summed E-state index contributed by atoms with van der Waals surface area (Å²) in [6, 6.07) is 8.35. The zero-order valence-electron chi connectivity index (χ0n) is 14.9. The Balaban J connectivity index is 2.03. The van der Waals surface area contributed by atoms with Gasteiger partial charge in [0, 0.05) is 23.8 Å². The van der Waals surface area contributed by atoms with Gasteiger partial charge >= 0.3 is 0 Å². The second-order valence-corrected chi connectivity index (χ2v) is 7.59. The Kier molecular flexibility index (Phi) is 6.24. The molecule has 1 aromatic carbocycles. The summed E-state index contributed by atoms with van der Waals surface area (Å²) in [5.41, 5.74) is 1.93. The molecule has 3 aromatic rings. The van der Waals surface area contributed by atoms with Gasteiger partial charge < -0.3 is 15.7 Å². The van der Waals surface area contributed by atoms with Crippen LogP contribution in [0.5, 0.6) is 0 Å². The van der Waals surface area contributed by atoms with E-state index in [2.05, 4.69) is 36.6 Å². The van der Waals surface area contributed by atoms with Crippen molar-refractivity contribution in [3.63, 3.8) is 0 Å². The van der Waals surface area contributed by atoms with Crippen LogP contribution in [0.4, 0.5) is 5.69 Å². The van der Waals surface area contributed by atoms with Crippen molar-refractivity contribution >= 4 is 50.7 Å². The Hall–Kier alpha value is -2.13. The average Bonchev–Trinajstić information content (AvgIpc) is 3.05. The fourth-order valence-electron chi connectivity index (χ4n) is 2.72. The van der Waals surface area contributed by atoms with Crippen LogP contribution < -0.4 is 10.6 Å². The van der Waals surface area contributed by atoms with Gasteiger partial charge in [0.15, 0.2) is 17.2 Å². The van der Waals surface area contributed by atoms with Crippen LogP contribution in [0, 0.1) is 6.92 Å². The lowest BCUT2D eigenvalue weighted by atomic mass is 10.1. The van der Waals surface area contributed by atoms with Gasteiger partial charge in [-0.1, -0.05) is 39.1 Å². The minimum Gasteiger partial charge on any atom is -0.368 e. The summed E-state index contributed by atoms with van der Waals surface area (Å²) < 4.78 is 2.10. The molecule has 1 atom stereocenters. The number of aromatic nitrogens is 3. The largest absolute Gasteiger partial charge is 0.368 e. The summed E-state index contributed by atoms with van der Waals surface area (Å²) in [6.45, 7) is 1.83. The number of amides is 1. The Labute approximate surface area is 179 Å². The molecule has 0 spiro atoms. The number of hydrogen-bond acceptors (Lipinski definition) is 5. The molecule has 0 aliphatic rings. The molecule has 3 N–H and O–H groups in total. The number of hydrogen-bond donors (Lipinski definition) is 3. The van der Waals surface area contributed by atoms with Crippen LogP contribution in [0.15, 0.2) is 41.0 Å². The SMILES string of the molecule is CNC(=O)c1cc(Br)cc(C)c1NC(O)c1cc(Cl)nn1-c1ncccc1Cl. The highest BCUT2D eigenvalue weighted by Crippen LogP contribution is 2.30. The van der Waals surface area contributed by atoms with Crippen molar-refractivity contribution in [1.29, 1.82) is 0 Å². The van der Waals surface area contributed by atoms with Gasteiger partial charge in [-0.3, -0.25) is 4.79 Å². The lowest BCUT2D eigenvalue weighted by Crippen LogP contribution is -2.22. The van der Waals surface area contributed by atoms with Gasteiger partial charge in [-0.25, -0.2) is 9.67 Å². The highest BCUT2D eigenvalue weighted by atomic mass is 79.9. The Morgan fingerprint density at radius 2 is 2.07 bits per heavy atom. The van der Waals surface area contributed by atoms with Crippen LogP contribution in [0.3, 0.4) is 0 Å². The maximum Gasteiger partial charge on any atom is 0.253 e. The molecule has 3 rings (SSSR count). The Bertz CT molecular complexity index is 1040. The molecule has 1 unspecified atom stereocenters. The van der Waals surface area contributed by atoms with Crippen molar-refractivity contribution in [2.45, 2.75) is 13.2 Å². The number of halogens is 3. The number of aliphatic hydroxyl groups is 1. The number of nitrogens with zero attached hydrogens (tertiary/aromatic N) is 3. The third-order valence-corrected chi connectivity index (χ3v) is 4.92. The zero-order chi connectivity index (χ0) is 20.4. The molecule has 2 aromatic heterocycles. The van der Waals surface area contributed by atoms with Crippen molar-refractivity contribution in [2.24, 2.45) is 0 Å². The molecule has 0 saturated heterocycles. The number of carbonyl (C=O) groups is 1. The first-order valence-electron chi connectivity index (χ1n) is 8.15. The molecule has 10 heteroatoms. The molecular formula is C18H16BrCl2N5O2. The van der Waals surface area contributed by atoms with Gasteiger partial charge in [-0.2, -0.15) is 5.10 Å². The van der Waals surface area contributed by atoms with Crippen LogP contribution in [-0.4, -0.2) is 32.8 Å². The van der Waals surface area contributed by atoms with E-state index in [4.69, 9.17) is 23.2 Å².